The van der Waals surface area contributed by atoms with Crippen molar-refractivity contribution in [3.63, 3.8) is 0 Å². The summed E-state index contributed by atoms with van der Waals surface area (Å²) in [4.78, 5) is 12.7. The lowest BCUT2D eigenvalue weighted by molar-refractivity contribution is -0.121. The molecule has 1 aliphatic carbocycles. The fraction of sp³-hybridized carbons (Fsp3) is 0.364. The number of nitrogens with zero attached hydrogens (tertiary/aromatic N) is 2. The van der Waals surface area contributed by atoms with Crippen molar-refractivity contribution in [1.29, 1.82) is 0 Å². The van der Waals surface area contributed by atoms with Crippen molar-refractivity contribution >= 4 is 22.1 Å². The van der Waals surface area contributed by atoms with Gasteiger partial charge in [0.05, 0.1) is 24.8 Å². The van der Waals surface area contributed by atoms with Gasteiger partial charge in [0.15, 0.2) is 11.5 Å². The fourth-order valence-electron chi connectivity index (χ4n) is 3.67. The number of methoxy groups -OCH3 is 1. The molecule has 0 bridgehead atoms. The van der Waals surface area contributed by atoms with Gasteiger partial charge in [0.1, 0.15) is 0 Å². The molecule has 1 fully saturated rings. The molecule has 1 amide bonds. The first-order chi connectivity index (χ1) is 14.9. The molecule has 0 radical (unpaired) electrons. The van der Waals surface area contributed by atoms with Crippen LogP contribution in [0, 0.1) is 0 Å². The maximum atomic E-state index is 13.2. The summed E-state index contributed by atoms with van der Waals surface area (Å²) < 4.78 is 32.8. The summed E-state index contributed by atoms with van der Waals surface area (Å²) in [5.74, 6) is -0.366. The number of ether oxygens (including phenoxy) is 1. The van der Waals surface area contributed by atoms with Crippen LogP contribution in [0.3, 0.4) is 0 Å². The lowest BCUT2D eigenvalue weighted by atomic mass is 9.95. The van der Waals surface area contributed by atoms with Crippen LogP contribution in [0.2, 0.25) is 0 Å². The van der Waals surface area contributed by atoms with Gasteiger partial charge in [-0.05, 0) is 37.1 Å². The number of para-hydroxylation sites is 1. The number of carbonyl (C=O) groups excluding carboxylic acids is 1. The van der Waals surface area contributed by atoms with Crippen molar-refractivity contribution in [2.24, 2.45) is 5.10 Å². The van der Waals surface area contributed by atoms with Gasteiger partial charge in [0.25, 0.3) is 5.91 Å². The highest BCUT2D eigenvalue weighted by Crippen LogP contribution is 2.29. The van der Waals surface area contributed by atoms with Crippen molar-refractivity contribution in [2.75, 3.05) is 13.7 Å². The third-order valence-corrected chi connectivity index (χ3v) is 7.19. The molecule has 8 nitrogen and oxygen atoms in total. The molecule has 1 saturated carbocycles. The summed E-state index contributed by atoms with van der Waals surface area (Å²) in [5, 5.41) is 14.0. The molecule has 166 valence electrons. The van der Waals surface area contributed by atoms with Crippen molar-refractivity contribution < 1.29 is 23.1 Å². The van der Waals surface area contributed by atoms with Crippen LogP contribution in [-0.2, 0) is 14.8 Å². The Bertz CT molecular complexity index is 1020. The third-order valence-electron chi connectivity index (χ3n) is 5.27. The molecule has 0 spiro atoms. The number of hydrazone groups is 1. The van der Waals surface area contributed by atoms with Crippen molar-refractivity contribution in [3.05, 3.63) is 54.1 Å². The minimum absolute atomic E-state index is 0.0986. The smallest absolute Gasteiger partial charge is 0.255 e. The van der Waals surface area contributed by atoms with Gasteiger partial charge in [-0.2, -0.15) is 9.41 Å². The van der Waals surface area contributed by atoms with E-state index in [0.717, 1.165) is 32.1 Å². The van der Waals surface area contributed by atoms with Crippen molar-refractivity contribution in [3.8, 4) is 11.5 Å². The van der Waals surface area contributed by atoms with Crippen LogP contribution in [0.5, 0.6) is 11.5 Å². The normalized spacial score (nSPS) is 15.3. The Kier molecular flexibility index (Phi) is 7.64. The minimum atomic E-state index is -3.82. The molecular weight excluding hydrogens is 418 g/mol. The molecule has 0 saturated heterocycles. The van der Waals surface area contributed by atoms with Crippen molar-refractivity contribution in [2.45, 2.75) is 43.0 Å². The first-order valence-corrected chi connectivity index (χ1v) is 11.6. The van der Waals surface area contributed by atoms with E-state index < -0.39 is 15.9 Å². The summed E-state index contributed by atoms with van der Waals surface area (Å²) in [6.07, 6.45) is 5.66. The maximum absolute atomic E-state index is 13.2. The number of benzene rings is 2. The van der Waals surface area contributed by atoms with Crippen LogP contribution < -0.4 is 10.2 Å². The van der Waals surface area contributed by atoms with Gasteiger partial charge >= 0.3 is 0 Å². The lowest BCUT2D eigenvalue weighted by Gasteiger charge is -2.32. The van der Waals surface area contributed by atoms with E-state index in [-0.39, 0.29) is 29.0 Å². The Morgan fingerprint density at radius 3 is 2.55 bits per heavy atom. The van der Waals surface area contributed by atoms with Gasteiger partial charge in [-0.15, -0.1) is 0 Å². The van der Waals surface area contributed by atoms with E-state index in [2.05, 4.69) is 10.5 Å². The molecule has 0 atom stereocenters. The summed E-state index contributed by atoms with van der Waals surface area (Å²) in [7, 11) is -2.39. The van der Waals surface area contributed by atoms with Crippen LogP contribution in [0.15, 0.2) is 58.5 Å². The number of rotatable bonds is 8. The Morgan fingerprint density at radius 1 is 1.16 bits per heavy atom. The van der Waals surface area contributed by atoms with Gasteiger partial charge in [-0.1, -0.05) is 43.5 Å². The lowest BCUT2D eigenvalue weighted by Crippen LogP contribution is -2.46. The maximum Gasteiger partial charge on any atom is 0.255 e. The number of carbonyl (C=O) groups is 1. The largest absolute Gasteiger partial charge is 0.504 e. The van der Waals surface area contributed by atoms with E-state index in [1.165, 1.54) is 29.8 Å². The van der Waals surface area contributed by atoms with Gasteiger partial charge < -0.3 is 9.84 Å². The highest BCUT2D eigenvalue weighted by molar-refractivity contribution is 7.89. The Morgan fingerprint density at radius 2 is 1.87 bits per heavy atom. The van der Waals surface area contributed by atoms with Gasteiger partial charge in [0, 0.05) is 11.6 Å². The highest BCUT2D eigenvalue weighted by atomic mass is 32.2. The SMILES string of the molecule is COc1cccc(/C=N/NC(=O)CN(C2CCCCC2)S(=O)(=O)c2ccccc2)c1O. The predicted octanol–water partition coefficient (Wildman–Crippen LogP) is 2.87. The van der Waals surface area contributed by atoms with Gasteiger partial charge in [0.2, 0.25) is 10.0 Å². The molecule has 2 aromatic carbocycles. The average Bonchev–Trinajstić information content (AvgIpc) is 2.79. The Balaban J connectivity index is 1.74. The molecule has 9 heteroatoms. The van der Waals surface area contributed by atoms with Crippen LogP contribution in [0.25, 0.3) is 0 Å². The summed E-state index contributed by atoms with van der Waals surface area (Å²) >= 11 is 0. The zero-order valence-electron chi connectivity index (χ0n) is 17.4. The molecule has 0 aliphatic heterocycles. The number of phenolic OH excluding ortho intramolecular Hbond substituents is 1. The molecule has 2 N–H and O–H groups in total. The van der Waals surface area contributed by atoms with E-state index in [0.29, 0.717) is 5.56 Å². The van der Waals surface area contributed by atoms with E-state index in [9.17, 15) is 18.3 Å². The van der Waals surface area contributed by atoms with Crippen LogP contribution in [-0.4, -0.2) is 49.6 Å². The average molecular weight is 446 g/mol. The zero-order chi connectivity index (χ0) is 22.3. The molecule has 1 aliphatic rings. The number of amides is 1. The van der Waals surface area contributed by atoms with Gasteiger partial charge in [-0.3, -0.25) is 4.79 Å². The summed E-state index contributed by atoms with van der Waals surface area (Å²) in [6.45, 7) is -0.330. The molecule has 3 rings (SSSR count). The number of aromatic hydroxyl groups is 1. The molecule has 0 unspecified atom stereocenters. The Hall–Kier alpha value is -2.91. The first kappa shape index (κ1) is 22.8. The molecule has 2 aromatic rings. The van der Waals surface area contributed by atoms with E-state index in [1.54, 1.807) is 36.4 Å². The summed E-state index contributed by atoms with van der Waals surface area (Å²) in [6, 6.07) is 12.8. The highest BCUT2D eigenvalue weighted by Gasteiger charge is 2.33. The number of sulfonamides is 1. The van der Waals surface area contributed by atoms with Crippen molar-refractivity contribution in [1.82, 2.24) is 9.73 Å². The third kappa shape index (κ3) is 5.62. The second-order valence-electron chi connectivity index (χ2n) is 7.35. The first-order valence-electron chi connectivity index (χ1n) is 10.2. The van der Waals surface area contributed by atoms with Gasteiger partial charge in [-0.25, -0.2) is 13.8 Å². The topological polar surface area (TPSA) is 108 Å². The zero-order valence-corrected chi connectivity index (χ0v) is 18.2. The van der Waals surface area contributed by atoms with E-state index in [4.69, 9.17) is 4.74 Å². The number of hydrogen-bond acceptors (Lipinski definition) is 6. The van der Waals surface area contributed by atoms with Crippen LogP contribution in [0.1, 0.15) is 37.7 Å². The minimum Gasteiger partial charge on any atom is -0.504 e. The van der Waals surface area contributed by atoms with E-state index in [1.807, 2.05) is 0 Å². The summed E-state index contributed by atoms with van der Waals surface area (Å²) in [5.41, 5.74) is 2.72. The quantitative estimate of drug-likeness (QED) is 0.480. The molecule has 0 heterocycles. The predicted molar refractivity (Wildman–Crippen MR) is 118 cm³/mol. The fourth-order valence-corrected chi connectivity index (χ4v) is 5.33. The number of nitrogens with one attached hydrogen (secondary N) is 1. The second-order valence-corrected chi connectivity index (χ2v) is 9.24. The monoisotopic (exact) mass is 445 g/mol. The van der Waals surface area contributed by atoms with Crippen LogP contribution >= 0.6 is 0 Å². The molecule has 0 aromatic heterocycles. The number of phenols is 1. The standard InChI is InChI=1S/C22H27N3O5S/c1-30-20-14-8-9-17(22(20)27)15-23-24-21(26)16-25(18-10-4-2-5-11-18)31(28,29)19-12-6-3-7-13-19/h3,6-9,12-15,18,27H,2,4-5,10-11,16H2,1H3,(H,24,26)/b23-15+. The Labute approximate surface area is 182 Å². The molecular formula is C22H27N3O5S. The second kappa shape index (κ2) is 10.4. The van der Waals surface area contributed by atoms with Crippen LogP contribution in [0.4, 0.5) is 0 Å². The molecule has 31 heavy (non-hydrogen) atoms. The number of hydrogen-bond donors (Lipinski definition) is 2. The van der Waals surface area contributed by atoms with E-state index >= 15 is 0 Å².